The lowest BCUT2D eigenvalue weighted by Gasteiger charge is -2.26. The van der Waals surface area contributed by atoms with Crippen LogP contribution in [0.25, 0.3) is 0 Å². The van der Waals surface area contributed by atoms with Crippen molar-refractivity contribution in [3.05, 3.63) is 30.1 Å². The normalized spacial score (nSPS) is 13.9. The summed E-state index contributed by atoms with van der Waals surface area (Å²) < 4.78 is 12.9. The Morgan fingerprint density at radius 2 is 1.91 bits per heavy atom. The van der Waals surface area contributed by atoms with Crippen molar-refractivity contribution in [1.29, 1.82) is 0 Å². The summed E-state index contributed by atoms with van der Waals surface area (Å²) in [4.78, 5) is 25.9. The smallest absolute Gasteiger partial charge is 0.244 e. The zero-order chi connectivity index (χ0) is 16.8. The van der Waals surface area contributed by atoms with E-state index in [0.29, 0.717) is 11.6 Å². The van der Waals surface area contributed by atoms with E-state index in [1.807, 2.05) is 13.8 Å². The van der Waals surface area contributed by atoms with Crippen LogP contribution in [0, 0.1) is 11.7 Å². The van der Waals surface area contributed by atoms with E-state index in [9.17, 15) is 14.0 Å². The van der Waals surface area contributed by atoms with Crippen LogP contribution in [0.2, 0.25) is 0 Å². The van der Waals surface area contributed by atoms with Crippen molar-refractivity contribution in [2.24, 2.45) is 5.92 Å². The van der Waals surface area contributed by atoms with Crippen molar-refractivity contribution in [2.45, 2.75) is 32.7 Å². The molecule has 1 fully saturated rings. The standard InChI is InChI=1S/C17H24FN3O2/c1-12(2)21(17(23)10-19-9-13-3-4-13)11-16(22)20-15-7-5-14(18)6-8-15/h5-8,12-13,19H,3-4,9-11H2,1-2H3,(H,20,22). The summed E-state index contributed by atoms with van der Waals surface area (Å²) in [5.74, 6) is -0.0310. The largest absolute Gasteiger partial charge is 0.330 e. The summed E-state index contributed by atoms with van der Waals surface area (Å²) in [5, 5.41) is 5.82. The predicted octanol–water partition coefficient (Wildman–Crippen LogP) is 2.00. The number of benzene rings is 1. The van der Waals surface area contributed by atoms with Gasteiger partial charge in [0.15, 0.2) is 0 Å². The molecule has 1 aromatic carbocycles. The van der Waals surface area contributed by atoms with Crippen molar-refractivity contribution in [3.63, 3.8) is 0 Å². The van der Waals surface area contributed by atoms with Gasteiger partial charge in [0.05, 0.1) is 6.54 Å². The van der Waals surface area contributed by atoms with Crippen molar-refractivity contribution < 1.29 is 14.0 Å². The molecule has 2 N–H and O–H groups in total. The molecule has 23 heavy (non-hydrogen) atoms. The number of carbonyl (C=O) groups excluding carboxylic acids is 2. The fourth-order valence-electron chi connectivity index (χ4n) is 2.25. The first-order valence-electron chi connectivity index (χ1n) is 8.01. The Kier molecular flexibility index (Phi) is 6.10. The monoisotopic (exact) mass is 321 g/mol. The topological polar surface area (TPSA) is 61.4 Å². The van der Waals surface area contributed by atoms with Crippen molar-refractivity contribution in [2.75, 3.05) is 25.0 Å². The van der Waals surface area contributed by atoms with Gasteiger partial charge in [-0.05, 0) is 63.4 Å². The van der Waals surface area contributed by atoms with Crippen LogP contribution in [0.1, 0.15) is 26.7 Å². The molecule has 0 atom stereocenters. The Balaban J connectivity index is 1.82. The van der Waals surface area contributed by atoms with Gasteiger partial charge < -0.3 is 15.5 Å². The Morgan fingerprint density at radius 3 is 2.48 bits per heavy atom. The van der Waals surface area contributed by atoms with E-state index in [2.05, 4.69) is 10.6 Å². The predicted molar refractivity (Wildman–Crippen MR) is 87.5 cm³/mol. The second-order valence-corrected chi connectivity index (χ2v) is 6.24. The molecule has 1 saturated carbocycles. The Labute approximate surface area is 136 Å². The molecular weight excluding hydrogens is 297 g/mol. The maximum absolute atomic E-state index is 12.9. The minimum Gasteiger partial charge on any atom is -0.330 e. The number of rotatable bonds is 8. The summed E-state index contributed by atoms with van der Waals surface area (Å²) in [6, 6.07) is 5.48. The van der Waals surface area contributed by atoms with E-state index in [1.165, 1.54) is 37.1 Å². The molecule has 126 valence electrons. The van der Waals surface area contributed by atoms with Crippen molar-refractivity contribution in [1.82, 2.24) is 10.2 Å². The molecule has 0 aromatic heterocycles. The Morgan fingerprint density at radius 1 is 1.26 bits per heavy atom. The number of hydrogen-bond acceptors (Lipinski definition) is 3. The van der Waals surface area contributed by atoms with Crippen molar-refractivity contribution in [3.8, 4) is 0 Å². The van der Waals surface area contributed by atoms with Gasteiger partial charge in [-0.2, -0.15) is 0 Å². The number of hydrogen-bond donors (Lipinski definition) is 2. The molecule has 5 nitrogen and oxygen atoms in total. The Bertz CT molecular complexity index is 541. The third-order valence-corrected chi connectivity index (χ3v) is 3.79. The summed E-state index contributed by atoms with van der Waals surface area (Å²) in [7, 11) is 0. The van der Waals surface area contributed by atoms with E-state index >= 15 is 0 Å². The van der Waals surface area contributed by atoms with Crippen LogP contribution < -0.4 is 10.6 Å². The average Bonchev–Trinajstić information content (AvgIpc) is 3.31. The van der Waals surface area contributed by atoms with Gasteiger partial charge in [-0.3, -0.25) is 9.59 Å². The summed E-state index contributed by atoms with van der Waals surface area (Å²) in [6.07, 6.45) is 2.46. The number of carbonyl (C=O) groups is 2. The first-order chi connectivity index (χ1) is 11.0. The maximum Gasteiger partial charge on any atom is 0.244 e. The molecular formula is C17H24FN3O2. The zero-order valence-corrected chi connectivity index (χ0v) is 13.6. The maximum atomic E-state index is 12.9. The molecule has 0 saturated heterocycles. The van der Waals surface area contributed by atoms with Gasteiger partial charge in [-0.25, -0.2) is 4.39 Å². The molecule has 6 heteroatoms. The quantitative estimate of drug-likeness (QED) is 0.770. The van der Waals surface area contributed by atoms with Gasteiger partial charge in [-0.15, -0.1) is 0 Å². The van der Waals surface area contributed by atoms with Crippen molar-refractivity contribution >= 4 is 17.5 Å². The van der Waals surface area contributed by atoms with Gasteiger partial charge in [0.1, 0.15) is 12.4 Å². The van der Waals surface area contributed by atoms with Crippen LogP contribution in [0.5, 0.6) is 0 Å². The number of amides is 2. The summed E-state index contributed by atoms with van der Waals surface area (Å²) in [6.45, 7) is 4.85. The highest BCUT2D eigenvalue weighted by atomic mass is 19.1. The number of nitrogens with one attached hydrogen (secondary N) is 2. The average molecular weight is 321 g/mol. The second kappa shape index (κ2) is 8.06. The van der Waals surface area contributed by atoms with Crippen LogP contribution in [-0.4, -0.2) is 42.4 Å². The Hall–Kier alpha value is -1.95. The molecule has 1 aliphatic carbocycles. The second-order valence-electron chi connectivity index (χ2n) is 6.24. The SMILES string of the molecule is CC(C)N(CC(=O)Nc1ccc(F)cc1)C(=O)CNCC1CC1. The number of anilines is 1. The van der Waals surface area contributed by atoms with Crippen LogP contribution in [0.15, 0.2) is 24.3 Å². The molecule has 0 bridgehead atoms. The highest BCUT2D eigenvalue weighted by Gasteiger charge is 2.23. The minimum absolute atomic E-state index is 0.0149. The fourth-order valence-corrected chi connectivity index (χ4v) is 2.25. The van der Waals surface area contributed by atoms with Gasteiger partial charge in [0.2, 0.25) is 11.8 Å². The third-order valence-electron chi connectivity index (χ3n) is 3.79. The summed E-state index contributed by atoms with van der Waals surface area (Å²) in [5.41, 5.74) is 0.513. The highest BCUT2D eigenvalue weighted by Crippen LogP contribution is 2.27. The van der Waals surface area contributed by atoms with Crippen LogP contribution in [0.3, 0.4) is 0 Å². The van der Waals surface area contributed by atoms with Crippen LogP contribution in [-0.2, 0) is 9.59 Å². The highest BCUT2D eigenvalue weighted by molar-refractivity contribution is 5.94. The summed E-state index contributed by atoms with van der Waals surface area (Å²) >= 11 is 0. The van der Waals surface area contributed by atoms with E-state index in [4.69, 9.17) is 0 Å². The molecule has 0 heterocycles. The lowest BCUT2D eigenvalue weighted by molar-refractivity contribution is -0.135. The third kappa shape index (κ3) is 5.98. The molecule has 0 aliphatic heterocycles. The molecule has 2 amide bonds. The van der Waals surface area contributed by atoms with Gasteiger partial charge >= 0.3 is 0 Å². The first kappa shape index (κ1) is 17.4. The molecule has 0 unspecified atom stereocenters. The van der Waals surface area contributed by atoms with Gasteiger partial charge in [0, 0.05) is 11.7 Å². The fraction of sp³-hybridized carbons (Fsp3) is 0.529. The van der Waals surface area contributed by atoms with Crippen LogP contribution >= 0.6 is 0 Å². The first-order valence-corrected chi connectivity index (χ1v) is 8.01. The van der Waals surface area contributed by atoms with Crippen LogP contribution in [0.4, 0.5) is 10.1 Å². The molecule has 1 aliphatic rings. The molecule has 0 radical (unpaired) electrons. The van der Waals surface area contributed by atoms with E-state index < -0.39 is 0 Å². The molecule has 2 rings (SSSR count). The minimum atomic E-state index is -0.358. The molecule has 0 spiro atoms. The zero-order valence-electron chi connectivity index (χ0n) is 13.6. The van der Waals surface area contributed by atoms with E-state index in [-0.39, 0.29) is 36.8 Å². The number of halogens is 1. The van der Waals surface area contributed by atoms with Gasteiger partial charge in [0.25, 0.3) is 0 Å². The number of nitrogens with zero attached hydrogens (tertiary/aromatic N) is 1. The van der Waals surface area contributed by atoms with E-state index in [0.717, 1.165) is 6.54 Å². The molecule has 1 aromatic rings. The van der Waals surface area contributed by atoms with Gasteiger partial charge in [-0.1, -0.05) is 0 Å². The lowest BCUT2D eigenvalue weighted by Crippen LogP contribution is -2.46. The lowest BCUT2D eigenvalue weighted by atomic mass is 10.2. The van der Waals surface area contributed by atoms with E-state index in [1.54, 1.807) is 4.90 Å².